The van der Waals surface area contributed by atoms with Crippen LogP contribution in [0.2, 0.25) is 0 Å². The van der Waals surface area contributed by atoms with Crippen LogP contribution >= 0.6 is 0 Å². The minimum atomic E-state index is -6.09. The number of halogens is 4. The lowest BCUT2D eigenvalue weighted by Gasteiger charge is -2.08. The highest BCUT2D eigenvalue weighted by atomic mass is 127. The largest absolute Gasteiger partial charge is 0.741 e. The molecule has 132 valence electrons. The van der Waals surface area contributed by atoms with Gasteiger partial charge in [-0.15, -0.1) is 0 Å². The van der Waals surface area contributed by atoms with Crippen LogP contribution in [0.25, 0.3) is 0 Å². The van der Waals surface area contributed by atoms with Crippen molar-refractivity contribution in [2.45, 2.75) is 26.3 Å². The molecule has 0 aromatic heterocycles. The van der Waals surface area contributed by atoms with Gasteiger partial charge in [-0.05, 0) is 32.9 Å². The van der Waals surface area contributed by atoms with Crippen LogP contribution in [0.4, 0.5) is 13.2 Å². The highest BCUT2D eigenvalue weighted by Gasteiger charge is 2.36. The molecule has 0 aliphatic heterocycles. The lowest BCUT2D eigenvalue weighted by atomic mass is 10.1. The molecule has 0 bridgehead atoms. The summed E-state index contributed by atoms with van der Waals surface area (Å²) >= 11 is -0.0275. The maximum Gasteiger partial charge on any atom is 0.485 e. The molecule has 2 aromatic rings. The van der Waals surface area contributed by atoms with Gasteiger partial charge in [-0.25, -0.2) is 8.42 Å². The van der Waals surface area contributed by atoms with Crippen LogP contribution in [0.3, 0.4) is 0 Å². The average Bonchev–Trinajstić information content (AvgIpc) is 2.42. The Balaban J connectivity index is 0.000000307. The van der Waals surface area contributed by atoms with Gasteiger partial charge in [0.1, 0.15) is 0 Å². The number of alkyl halides is 3. The Morgan fingerprint density at radius 2 is 1.38 bits per heavy atom. The van der Waals surface area contributed by atoms with Gasteiger partial charge in [0.05, 0.1) is 0 Å². The number of hydrogen-bond donors (Lipinski definition) is 0. The molecule has 0 heterocycles. The van der Waals surface area contributed by atoms with Crippen LogP contribution in [0.15, 0.2) is 42.5 Å². The third kappa shape index (κ3) is 6.40. The van der Waals surface area contributed by atoms with Crippen LogP contribution in [0.5, 0.6) is 0 Å². The van der Waals surface area contributed by atoms with Crippen molar-refractivity contribution in [2.75, 3.05) is 0 Å². The summed E-state index contributed by atoms with van der Waals surface area (Å²) in [5.74, 6) is 0. The topological polar surface area (TPSA) is 57.2 Å². The fraction of sp³-hybridized carbons (Fsp3) is 0.250. The molecule has 0 unspecified atom stereocenters. The van der Waals surface area contributed by atoms with Gasteiger partial charge < -0.3 is 4.55 Å². The van der Waals surface area contributed by atoms with Gasteiger partial charge in [0.2, 0.25) is 0 Å². The molecule has 0 atom stereocenters. The third-order valence-corrected chi connectivity index (χ3v) is 6.95. The number of aryl methyl sites for hydroxylation is 3. The second-order valence-electron chi connectivity index (χ2n) is 5.00. The van der Waals surface area contributed by atoms with Crippen LogP contribution in [-0.4, -0.2) is 18.5 Å². The summed E-state index contributed by atoms with van der Waals surface area (Å²) in [5, 5.41) is 0. The predicted molar refractivity (Wildman–Crippen MR) is 80.2 cm³/mol. The molecule has 0 aliphatic carbocycles. The summed E-state index contributed by atoms with van der Waals surface area (Å²) in [5.41, 5.74) is -1.37. The Morgan fingerprint density at radius 1 is 0.958 bits per heavy atom. The Labute approximate surface area is 149 Å². The molecule has 0 spiro atoms. The van der Waals surface area contributed by atoms with E-state index in [1.54, 1.807) is 3.57 Å². The molecule has 0 fully saturated rings. The van der Waals surface area contributed by atoms with E-state index >= 15 is 0 Å². The Kier molecular flexibility index (Phi) is 7.24. The second-order valence-corrected chi connectivity index (χ2v) is 9.24. The molecule has 24 heavy (non-hydrogen) atoms. The van der Waals surface area contributed by atoms with Gasteiger partial charge in [0.15, 0.2) is 17.3 Å². The lowest BCUT2D eigenvalue weighted by Crippen LogP contribution is -3.62. The molecule has 0 radical (unpaired) electrons. The molecule has 0 aliphatic rings. The van der Waals surface area contributed by atoms with E-state index in [1.807, 2.05) is 0 Å². The Morgan fingerprint density at radius 3 is 1.75 bits per heavy atom. The van der Waals surface area contributed by atoms with E-state index in [0.29, 0.717) is 0 Å². The molecule has 2 aromatic carbocycles. The molecule has 0 saturated heterocycles. The van der Waals surface area contributed by atoms with Gasteiger partial charge in [0.25, 0.3) is 0 Å². The summed E-state index contributed by atoms with van der Waals surface area (Å²) in [7, 11) is -6.09. The van der Waals surface area contributed by atoms with Crippen LogP contribution in [0.1, 0.15) is 16.7 Å². The SMILES string of the molecule is Cc1cc(C)c([I+]c2ccccc2)c(C)c1.O=S(=O)([O-])C(F)(F)F. The van der Waals surface area contributed by atoms with Crippen molar-refractivity contribution in [2.24, 2.45) is 0 Å². The van der Waals surface area contributed by atoms with E-state index < -0.39 is 15.6 Å². The fourth-order valence-corrected chi connectivity index (χ4v) is 4.46. The molecular weight excluding hydrogens is 456 g/mol. The summed E-state index contributed by atoms with van der Waals surface area (Å²) < 4.78 is 62.0. The first kappa shape index (κ1) is 20.9. The molecule has 0 saturated carbocycles. The van der Waals surface area contributed by atoms with Crippen molar-refractivity contribution < 1.29 is 47.3 Å². The zero-order valence-electron chi connectivity index (χ0n) is 13.2. The first-order chi connectivity index (χ1) is 10.9. The average molecular weight is 472 g/mol. The van der Waals surface area contributed by atoms with Crippen LogP contribution in [0, 0.1) is 27.9 Å². The highest BCUT2D eigenvalue weighted by Crippen LogP contribution is 2.20. The lowest BCUT2D eigenvalue weighted by molar-refractivity contribution is -0.598. The first-order valence-corrected chi connectivity index (χ1v) is 10.3. The van der Waals surface area contributed by atoms with Crippen molar-refractivity contribution in [3.63, 3.8) is 0 Å². The van der Waals surface area contributed by atoms with Crippen LogP contribution in [-0.2, 0) is 10.1 Å². The van der Waals surface area contributed by atoms with Crippen LogP contribution < -0.4 is 21.2 Å². The molecule has 3 nitrogen and oxygen atoms in total. The van der Waals surface area contributed by atoms with E-state index in [1.165, 1.54) is 20.3 Å². The Bertz CT molecular complexity index is 765. The first-order valence-electron chi connectivity index (χ1n) is 6.71. The molecular formula is C16H16F3IO3S. The molecule has 8 heteroatoms. The van der Waals surface area contributed by atoms with E-state index in [9.17, 15) is 13.2 Å². The van der Waals surface area contributed by atoms with Crippen molar-refractivity contribution in [3.8, 4) is 0 Å². The van der Waals surface area contributed by atoms with Crippen molar-refractivity contribution in [3.05, 3.63) is 66.3 Å². The summed E-state index contributed by atoms with van der Waals surface area (Å²) in [6.07, 6.45) is 0. The monoisotopic (exact) mass is 472 g/mol. The van der Waals surface area contributed by atoms with Gasteiger partial charge in [-0.3, -0.25) is 0 Å². The Hall–Kier alpha value is -1.13. The third-order valence-electron chi connectivity index (χ3n) is 2.80. The zero-order chi connectivity index (χ0) is 18.5. The molecule has 0 amide bonds. The maximum atomic E-state index is 10.7. The van der Waals surface area contributed by atoms with Crippen molar-refractivity contribution >= 4 is 10.1 Å². The normalized spacial score (nSPS) is 11.6. The minimum absolute atomic E-state index is 0.0275. The molecule has 0 N–H and O–H groups in total. The number of hydrogen-bond acceptors (Lipinski definition) is 3. The van der Waals surface area contributed by atoms with E-state index in [2.05, 4.69) is 63.2 Å². The van der Waals surface area contributed by atoms with E-state index in [4.69, 9.17) is 13.0 Å². The van der Waals surface area contributed by atoms with Gasteiger partial charge in [0, 0.05) is 11.1 Å². The number of rotatable bonds is 2. The van der Waals surface area contributed by atoms with Gasteiger partial charge >= 0.3 is 26.7 Å². The van der Waals surface area contributed by atoms with Crippen molar-refractivity contribution in [1.82, 2.24) is 0 Å². The van der Waals surface area contributed by atoms with E-state index in [0.717, 1.165) is 0 Å². The molecule has 2 rings (SSSR count). The quantitative estimate of drug-likeness (QED) is 0.369. The van der Waals surface area contributed by atoms with Crippen molar-refractivity contribution in [1.29, 1.82) is 0 Å². The van der Waals surface area contributed by atoms with Gasteiger partial charge in [-0.2, -0.15) is 13.2 Å². The fourth-order valence-electron chi connectivity index (χ4n) is 1.90. The minimum Gasteiger partial charge on any atom is -0.741 e. The zero-order valence-corrected chi connectivity index (χ0v) is 16.2. The smallest absolute Gasteiger partial charge is 0.485 e. The second kappa shape index (κ2) is 8.30. The summed E-state index contributed by atoms with van der Waals surface area (Å²) in [6.45, 7) is 6.64. The van der Waals surface area contributed by atoms with Gasteiger partial charge in [-0.1, -0.05) is 35.9 Å². The standard InChI is InChI=1S/C15H16I.CHF3O3S/c1-11-9-12(2)15(13(3)10-11)16-14-7-5-4-6-8-14;2-1(3,4)8(5,6)7/h4-10H,1-3H3;(H,5,6,7)/q+1;/p-1. The maximum absolute atomic E-state index is 10.7. The van der Waals surface area contributed by atoms with E-state index in [-0.39, 0.29) is 21.2 Å². The number of benzene rings is 2. The predicted octanol–water partition coefficient (Wildman–Crippen LogP) is 0.792. The summed E-state index contributed by atoms with van der Waals surface area (Å²) in [6, 6.07) is 15.4. The highest BCUT2D eigenvalue weighted by molar-refractivity contribution is 7.86. The summed E-state index contributed by atoms with van der Waals surface area (Å²) in [4.78, 5) is 0.